The zero-order valence-electron chi connectivity index (χ0n) is 31.4. The number of aliphatic imine (C=N–C) groups is 1. The minimum atomic E-state index is -1.50. The molecule has 3 aromatic rings. The zero-order chi connectivity index (χ0) is 40.0. The van der Waals surface area contributed by atoms with E-state index in [1.54, 1.807) is 13.0 Å². The molecule has 2 unspecified atom stereocenters. The average Bonchev–Trinajstić information content (AvgIpc) is 3.62. The third kappa shape index (κ3) is 10.2. The van der Waals surface area contributed by atoms with Crippen LogP contribution in [0.3, 0.4) is 0 Å². The first kappa shape index (κ1) is 43.3. The van der Waals surface area contributed by atoms with Gasteiger partial charge < -0.3 is 35.4 Å². The number of thioether (sulfide) groups is 1. The number of ether oxygens (including phenoxy) is 1. The Balaban J connectivity index is 0.00000696. The molecule has 0 saturated heterocycles. The Bertz CT molecular complexity index is 2130. The number of hydrogen-bond acceptors (Lipinski definition) is 9. The fourth-order valence-corrected chi connectivity index (χ4v) is 8.10. The van der Waals surface area contributed by atoms with E-state index in [-0.39, 0.29) is 75.2 Å². The molecular weight excluding hydrogens is 781 g/mol. The van der Waals surface area contributed by atoms with Gasteiger partial charge in [-0.05, 0) is 109 Å². The summed E-state index contributed by atoms with van der Waals surface area (Å²) in [7, 11) is 0. The Morgan fingerprint density at radius 2 is 1.71 bits per heavy atom. The normalized spacial score (nSPS) is 19.7. The third-order valence-corrected chi connectivity index (χ3v) is 10.6. The Labute approximate surface area is 339 Å². The summed E-state index contributed by atoms with van der Waals surface area (Å²) in [5.41, 5.74) is 1.98. The van der Waals surface area contributed by atoms with Gasteiger partial charge in [0, 0.05) is 28.1 Å². The van der Waals surface area contributed by atoms with Crippen molar-refractivity contribution in [2.24, 2.45) is 22.7 Å². The number of nitrogens with one attached hydrogen (secondary N) is 2. The number of aromatic carboxylic acids is 2. The van der Waals surface area contributed by atoms with Crippen LogP contribution in [0.15, 0.2) is 75.3 Å². The summed E-state index contributed by atoms with van der Waals surface area (Å²) < 4.78 is 6.16. The molecule has 295 valence electrons. The van der Waals surface area contributed by atoms with Crippen LogP contribution in [0.1, 0.15) is 86.7 Å². The summed E-state index contributed by atoms with van der Waals surface area (Å²) in [4.78, 5) is 75.6. The first-order valence-electron chi connectivity index (χ1n) is 17.8. The summed E-state index contributed by atoms with van der Waals surface area (Å²) >= 11 is 1.19. The van der Waals surface area contributed by atoms with Crippen molar-refractivity contribution in [2.75, 3.05) is 11.1 Å². The molecule has 1 aliphatic carbocycles. The predicted octanol–water partition coefficient (Wildman–Crippen LogP) is 6.25. The van der Waals surface area contributed by atoms with E-state index >= 15 is 0 Å². The van der Waals surface area contributed by atoms with Crippen LogP contribution in [-0.4, -0.2) is 52.5 Å². The Morgan fingerprint density at radius 1 is 1.05 bits per heavy atom. The van der Waals surface area contributed by atoms with Gasteiger partial charge in [-0.1, -0.05) is 56.9 Å². The summed E-state index contributed by atoms with van der Waals surface area (Å²) in [6, 6.07) is 12.8. The molecule has 0 spiro atoms. The number of anilines is 1. The summed E-state index contributed by atoms with van der Waals surface area (Å²) in [6.07, 6.45) is 3.41. The number of allylic oxidation sites excluding steroid dienone is 1. The fraction of sp³-hybridized carbons (Fsp3) is 0.341. The van der Waals surface area contributed by atoms with Crippen molar-refractivity contribution in [1.29, 1.82) is 0 Å². The van der Waals surface area contributed by atoms with Gasteiger partial charge in [-0.3, -0.25) is 9.59 Å². The molecule has 2 aromatic carbocycles. The number of benzene rings is 2. The van der Waals surface area contributed by atoms with Crippen LogP contribution in [0.4, 0.5) is 11.5 Å². The van der Waals surface area contributed by atoms with E-state index in [2.05, 4.69) is 46.2 Å². The summed E-state index contributed by atoms with van der Waals surface area (Å²) in [6.45, 7) is 17.2. The van der Waals surface area contributed by atoms with Crippen LogP contribution < -0.4 is 20.7 Å². The molecule has 1 radical (unpaired) electrons. The first-order valence-corrected chi connectivity index (χ1v) is 18.8. The predicted molar refractivity (Wildman–Crippen MR) is 206 cm³/mol. The van der Waals surface area contributed by atoms with Crippen LogP contribution in [0.5, 0.6) is 0 Å². The molecule has 1 fully saturated rings. The van der Waals surface area contributed by atoms with Crippen molar-refractivity contribution >= 4 is 64.9 Å². The molecule has 15 heteroatoms. The maximum absolute atomic E-state index is 14.0. The van der Waals surface area contributed by atoms with Crippen molar-refractivity contribution in [3.8, 4) is 11.1 Å². The molecule has 2 amide bonds. The number of carboxylic acid groups (broad SMARTS) is 2. The number of rotatable bonds is 12. The number of aromatic nitrogens is 1. The minimum Gasteiger partial charge on any atom is -0.545 e. The second-order valence-corrected chi connectivity index (χ2v) is 15.1. The van der Waals surface area contributed by atoms with Crippen LogP contribution in [-0.2, 0) is 35.9 Å². The summed E-state index contributed by atoms with van der Waals surface area (Å²) in [5.74, 6) is -3.08. The molecule has 3 N–H and O–H groups in total. The van der Waals surface area contributed by atoms with Gasteiger partial charge in [-0.2, -0.15) is 0 Å². The Morgan fingerprint density at radius 3 is 2.32 bits per heavy atom. The van der Waals surface area contributed by atoms with Gasteiger partial charge >= 0.3 is 11.9 Å². The molecule has 2 aliphatic rings. The van der Waals surface area contributed by atoms with E-state index in [0.717, 1.165) is 18.9 Å². The quantitative estimate of drug-likeness (QED) is 0.0814. The minimum absolute atomic E-state index is 0. The van der Waals surface area contributed by atoms with E-state index in [0.29, 0.717) is 51.1 Å². The molecule has 1 saturated carbocycles. The number of esters is 1. The van der Waals surface area contributed by atoms with Crippen LogP contribution in [0.25, 0.3) is 22.0 Å². The van der Waals surface area contributed by atoms with Gasteiger partial charge in [0.05, 0.1) is 23.8 Å². The molecule has 2 heterocycles. The third-order valence-electron chi connectivity index (χ3n) is 9.50. The smallest absolute Gasteiger partial charge is 0.342 e. The van der Waals surface area contributed by atoms with Gasteiger partial charge in [-0.15, -0.1) is 11.8 Å². The van der Waals surface area contributed by atoms with Crippen LogP contribution in [0, 0.1) is 24.3 Å². The molecule has 13 nitrogen and oxygen atoms in total. The Kier molecular flexibility index (Phi) is 14.6. The molecule has 0 bridgehead atoms. The topological polar surface area (TPSA) is 193 Å². The van der Waals surface area contributed by atoms with Gasteiger partial charge in [-0.25, -0.2) is 19.4 Å². The maximum atomic E-state index is 14.0. The molecule has 5 rings (SSSR count). The number of carbonyl (C=O) groups excluding carboxylic acids is 4. The fourth-order valence-electron chi connectivity index (χ4n) is 7.15. The molecule has 2 atom stereocenters. The van der Waals surface area contributed by atoms with Crippen molar-refractivity contribution in [2.45, 2.75) is 71.3 Å². The standard InChI is InChI=1S/C41H43N5O8S.Co/c1-21-15-22(2)36(23(3)16-21)54-41(53)33-24(4)30(20-31-34(26-11-8-7-9-12-26)35(42-6)38(45-31)43-25(5)47)44-37(33)46-32(48)13-10-14-55-29-18-27(39(49)50)17-28(19-29)40(51)52;/h7-9,11-12,17-23,36H,10,13-16H2,1-5H3,(H5,43,44,45,46,47,48,49,50,51,52,53);/p-2. The number of nitrogens with zero attached hydrogens (tertiary/aromatic N) is 3. The van der Waals surface area contributed by atoms with Gasteiger partial charge in [0.2, 0.25) is 5.91 Å². The molecular formula is C41H41CoN5O8S-2. The van der Waals surface area contributed by atoms with Crippen molar-refractivity contribution < 1.29 is 55.7 Å². The van der Waals surface area contributed by atoms with Crippen LogP contribution in [0.2, 0.25) is 0 Å². The van der Waals surface area contributed by atoms with E-state index in [9.17, 15) is 34.2 Å². The van der Waals surface area contributed by atoms with Crippen molar-refractivity contribution in [3.05, 3.63) is 93.6 Å². The molecule has 56 heavy (non-hydrogen) atoms. The average molecular weight is 823 g/mol. The second-order valence-electron chi connectivity index (χ2n) is 14.0. The number of amidine groups is 1. The monoisotopic (exact) mass is 822 g/mol. The number of carbonyl (C=O) groups is 5. The molecule has 1 aromatic heterocycles. The zero-order valence-corrected chi connectivity index (χ0v) is 33.3. The molecule has 1 aliphatic heterocycles. The van der Waals surface area contributed by atoms with E-state index in [4.69, 9.17) is 11.3 Å². The van der Waals surface area contributed by atoms with E-state index in [1.165, 1.54) is 30.8 Å². The number of carboxylic acids is 2. The van der Waals surface area contributed by atoms with Crippen molar-refractivity contribution in [1.82, 2.24) is 10.3 Å². The van der Waals surface area contributed by atoms with Gasteiger partial charge in [0.1, 0.15) is 23.4 Å². The van der Waals surface area contributed by atoms with E-state index in [1.807, 2.05) is 30.3 Å². The SMILES string of the molecule is [C-]#[N+]c1c(NC(C)=O)[n-]c(/C=C2\N=C(NC(=O)CCCSc3cc(C(=O)[O-])cc(C(=O)O)c3)C(C(=O)OC3C(C)CC(C)CC3C)=C2C)c1-c1ccccc1.[Co]. The maximum Gasteiger partial charge on any atom is 0.342 e. The summed E-state index contributed by atoms with van der Waals surface area (Å²) in [5, 5.41) is 26.2. The Hall–Kier alpha value is -5.43. The number of hydrogen-bond donors (Lipinski definition) is 3. The largest absolute Gasteiger partial charge is 0.545 e. The van der Waals surface area contributed by atoms with Gasteiger partial charge in [0.15, 0.2) is 5.69 Å². The van der Waals surface area contributed by atoms with Crippen LogP contribution >= 0.6 is 11.8 Å². The van der Waals surface area contributed by atoms with Gasteiger partial charge in [0.25, 0.3) is 0 Å². The first-order chi connectivity index (χ1) is 26.2. The number of amides is 2. The second kappa shape index (κ2) is 18.9. The van der Waals surface area contributed by atoms with Crippen molar-refractivity contribution in [3.63, 3.8) is 0 Å². The van der Waals surface area contributed by atoms with E-state index < -0.39 is 29.7 Å².